The van der Waals surface area contributed by atoms with Crippen LogP contribution < -0.4 is 10.1 Å². The molecular formula is C25H22N2O5S. The molecule has 33 heavy (non-hydrogen) atoms. The number of rotatable bonds is 8. The third-order valence-corrected chi connectivity index (χ3v) is 6.02. The summed E-state index contributed by atoms with van der Waals surface area (Å²) in [5.41, 5.74) is 2.96. The maximum absolute atomic E-state index is 12.6. The number of pyridine rings is 1. The van der Waals surface area contributed by atoms with Gasteiger partial charge in [0.15, 0.2) is 6.10 Å². The van der Waals surface area contributed by atoms with Gasteiger partial charge < -0.3 is 9.47 Å². The predicted octanol–water partition coefficient (Wildman–Crippen LogP) is 4.26. The van der Waals surface area contributed by atoms with Crippen LogP contribution in [0.5, 0.6) is 5.75 Å². The highest BCUT2D eigenvalue weighted by molar-refractivity contribution is 8.15. The molecule has 8 heteroatoms. The summed E-state index contributed by atoms with van der Waals surface area (Å²) in [6.07, 6.45) is 1.48. The van der Waals surface area contributed by atoms with Crippen molar-refractivity contribution in [1.82, 2.24) is 10.3 Å². The highest BCUT2D eigenvalue weighted by Crippen LogP contribution is 2.25. The summed E-state index contributed by atoms with van der Waals surface area (Å²) in [4.78, 5) is 40.1. The molecule has 0 radical (unpaired) electrons. The molecule has 3 aromatic rings. The van der Waals surface area contributed by atoms with E-state index in [0.717, 1.165) is 22.9 Å². The standard InChI is InChI=1S/C25H22N2O5S/c1-16-7-12-20(26-14-16)21(32-24(29)18-5-3-2-4-6-18)15-31-19-10-8-17(9-11-19)13-22-23(28)27-25(30)33-22/h2-12,14,21-22H,13,15H2,1H3,(H,27,28,30). The Labute approximate surface area is 195 Å². The van der Waals surface area contributed by atoms with Gasteiger partial charge in [0.2, 0.25) is 5.91 Å². The molecule has 0 spiro atoms. The first kappa shape index (κ1) is 22.5. The number of esters is 1. The van der Waals surface area contributed by atoms with Crippen molar-refractivity contribution in [3.8, 4) is 5.75 Å². The number of ether oxygens (including phenoxy) is 2. The van der Waals surface area contributed by atoms with Crippen LogP contribution in [0.1, 0.15) is 33.3 Å². The average molecular weight is 463 g/mol. The number of aryl methyl sites for hydroxylation is 1. The van der Waals surface area contributed by atoms with Crippen LogP contribution in [0.4, 0.5) is 4.79 Å². The van der Waals surface area contributed by atoms with Crippen LogP contribution in [0.3, 0.4) is 0 Å². The smallest absolute Gasteiger partial charge is 0.338 e. The molecule has 2 atom stereocenters. The first-order chi connectivity index (χ1) is 16.0. The lowest BCUT2D eigenvalue weighted by atomic mass is 10.1. The molecule has 0 saturated carbocycles. The zero-order chi connectivity index (χ0) is 23.2. The fraction of sp³-hybridized carbons (Fsp3) is 0.200. The van der Waals surface area contributed by atoms with Crippen molar-refractivity contribution >= 4 is 28.9 Å². The van der Waals surface area contributed by atoms with E-state index >= 15 is 0 Å². The second kappa shape index (κ2) is 10.3. The maximum Gasteiger partial charge on any atom is 0.338 e. The van der Waals surface area contributed by atoms with Crippen LogP contribution in [0.25, 0.3) is 0 Å². The minimum Gasteiger partial charge on any atom is -0.489 e. The number of imide groups is 1. The average Bonchev–Trinajstić information content (AvgIpc) is 3.15. The number of nitrogens with one attached hydrogen (secondary N) is 1. The van der Waals surface area contributed by atoms with E-state index in [4.69, 9.17) is 9.47 Å². The fourth-order valence-corrected chi connectivity index (χ4v) is 4.12. The summed E-state index contributed by atoms with van der Waals surface area (Å²) < 4.78 is 11.6. The Morgan fingerprint density at radius 2 is 1.82 bits per heavy atom. The molecule has 1 saturated heterocycles. The zero-order valence-electron chi connectivity index (χ0n) is 17.9. The Morgan fingerprint density at radius 1 is 1.06 bits per heavy atom. The number of carbonyl (C=O) groups excluding carboxylic acids is 3. The lowest BCUT2D eigenvalue weighted by molar-refractivity contribution is -0.118. The number of carbonyl (C=O) groups is 3. The lowest BCUT2D eigenvalue weighted by Gasteiger charge is -2.18. The van der Waals surface area contributed by atoms with Crippen molar-refractivity contribution in [2.75, 3.05) is 6.61 Å². The quantitative estimate of drug-likeness (QED) is 0.500. The van der Waals surface area contributed by atoms with Gasteiger partial charge >= 0.3 is 5.97 Å². The Kier molecular flexibility index (Phi) is 7.04. The Bertz CT molecular complexity index is 1130. The molecule has 4 rings (SSSR count). The van der Waals surface area contributed by atoms with Crippen LogP contribution in [-0.2, 0) is 16.0 Å². The van der Waals surface area contributed by atoms with E-state index in [9.17, 15) is 14.4 Å². The highest BCUT2D eigenvalue weighted by atomic mass is 32.2. The number of amides is 2. The van der Waals surface area contributed by atoms with Crippen molar-refractivity contribution in [3.05, 3.63) is 95.3 Å². The predicted molar refractivity (Wildman–Crippen MR) is 124 cm³/mol. The van der Waals surface area contributed by atoms with Crippen molar-refractivity contribution in [3.63, 3.8) is 0 Å². The second-order valence-electron chi connectivity index (χ2n) is 7.56. The molecule has 2 amide bonds. The van der Waals surface area contributed by atoms with E-state index in [-0.39, 0.29) is 17.8 Å². The van der Waals surface area contributed by atoms with Crippen molar-refractivity contribution in [2.24, 2.45) is 0 Å². The molecule has 1 fully saturated rings. The number of hydrogen-bond acceptors (Lipinski definition) is 7. The number of aromatic nitrogens is 1. The van der Waals surface area contributed by atoms with Gasteiger partial charge in [0.05, 0.1) is 16.5 Å². The van der Waals surface area contributed by atoms with Crippen LogP contribution in [0.2, 0.25) is 0 Å². The third kappa shape index (κ3) is 5.98. The van der Waals surface area contributed by atoms with E-state index in [0.29, 0.717) is 23.4 Å². The van der Waals surface area contributed by atoms with Crippen LogP contribution in [0, 0.1) is 6.92 Å². The summed E-state index contributed by atoms with van der Waals surface area (Å²) in [5, 5.41) is 1.56. The van der Waals surface area contributed by atoms with E-state index in [1.807, 2.05) is 37.3 Å². The van der Waals surface area contributed by atoms with Gasteiger partial charge in [-0.3, -0.25) is 19.9 Å². The molecule has 168 valence electrons. The first-order valence-electron chi connectivity index (χ1n) is 10.4. The fourth-order valence-electron chi connectivity index (χ4n) is 3.26. The van der Waals surface area contributed by atoms with Crippen LogP contribution in [0.15, 0.2) is 72.9 Å². The molecule has 2 heterocycles. The summed E-state index contributed by atoms with van der Waals surface area (Å²) in [7, 11) is 0. The molecule has 7 nitrogen and oxygen atoms in total. The molecule has 1 N–H and O–H groups in total. The van der Waals surface area contributed by atoms with E-state index in [1.165, 1.54) is 0 Å². The van der Waals surface area contributed by atoms with Crippen molar-refractivity contribution in [2.45, 2.75) is 24.7 Å². The van der Waals surface area contributed by atoms with Crippen LogP contribution in [-0.4, -0.2) is 34.0 Å². The Hall–Kier alpha value is -3.65. The van der Waals surface area contributed by atoms with Gasteiger partial charge in [-0.2, -0.15) is 0 Å². The monoisotopic (exact) mass is 462 g/mol. The molecule has 2 unspecified atom stereocenters. The third-order valence-electron chi connectivity index (χ3n) is 5.04. The van der Waals surface area contributed by atoms with Gasteiger partial charge in [-0.1, -0.05) is 48.2 Å². The summed E-state index contributed by atoms with van der Waals surface area (Å²) >= 11 is 1.00. The second-order valence-corrected chi connectivity index (χ2v) is 8.74. The minimum atomic E-state index is -0.692. The van der Waals surface area contributed by atoms with Crippen molar-refractivity contribution in [1.29, 1.82) is 0 Å². The highest BCUT2D eigenvalue weighted by Gasteiger charge is 2.31. The first-order valence-corrected chi connectivity index (χ1v) is 11.3. The van der Waals surface area contributed by atoms with Gasteiger partial charge in [-0.15, -0.1) is 0 Å². The molecular weight excluding hydrogens is 440 g/mol. The largest absolute Gasteiger partial charge is 0.489 e. The Morgan fingerprint density at radius 3 is 2.45 bits per heavy atom. The molecule has 0 aliphatic carbocycles. The SMILES string of the molecule is Cc1ccc(C(COc2ccc(CC3SC(=O)NC3=O)cc2)OC(=O)c2ccccc2)nc1. The summed E-state index contributed by atoms with van der Waals surface area (Å²) in [5.74, 6) is -0.131. The molecule has 2 aromatic carbocycles. The number of hydrogen-bond donors (Lipinski definition) is 1. The molecule has 0 bridgehead atoms. The molecule has 1 aliphatic heterocycles. The van der Waals surface area contributed by atoms with Crippen LogP contribution >= 0.6 is 11.8 Å². The van der Waals surface area contributed by atoms with Crippen molar-refractivity contribution < 1.29 is 23.9 Å². The summed E-state index contributed by atoms with van der Waals surface area (Å²) in [6, 6.07) is 19.8. The maximum atomic E-state index is 12.6. The lowest BCUT2D eigenvalue weighted by Crippen LogP contribution is -2.25. The van der Waals surface area contributed by atoms with E-state index in [1.54, 1.807) is 42.6 Å². The molecule has 1 aliphatic rings. The van der Waals surface area contributed by atoms with Gasteiger partial charge in [0.1, 0.15) is 12.4 Å². The molecule has 1 aromatic heterocycles. The topological polar surface area (TPSA) is 94.6 Å². The normalized spacial score (nSPS) is 16.2. The summed E-state index contributed by atoms with van der Waals surface area (Å²) in [6.45, 7) is 2.02. The van der Waals surface area contributed by atoms with Gasteiger partial charge in [0.25, 0.3) is 5.24 Å². The Balaban J connectivity index is 1.41. The number of benzene rings is 2. The minimum absolute atomic E-state index is 0.0867. The number of thioether (sulfide) groups is 1. The van der Waals surface area contributed by atoms with Gasteiger partial charge in [0, 0.05) is 6.20 Å². The van der Waals surface area contributed by atoms with Gasteiger partial charge in [-0.25, -0.2) is 4.79 Å². The van der Waals surface area contributed by atoms with E-state index in [2.05, 4.69) is 10.3 Å². The number of nitrogens with zero attached hydrogens (tertiary/aromatic N) is 1. The zero-order valence-corrected chi connectivity index (χ0v) is 18.7. The van der Waals surface area contributed by atoms with Gasteiger partial charge in [-0.05, 0) is 54.8 Å². The van der Waals surface area contributed by atoms with E-state index < -0.39 is 17.3 Å².